The lowest BCUT2D eigenvalue weighted by Gasteiger charge is -2.07. The Balaban J connectivity index is 1.93. The molecule has 2 aromatic rings. The molecule has 0 bridgehead atoms. The third-order valence-electron chi connectivity index (χ3n) is 3.85. The van der Waals surface area contributed by atoms with Crippen LogP contribution >= 0.6 is 0 Å². The Morgan fingerprint density at radius 2 is 2.33 bits per heavy atom. The molecule has 1 aliphatic heterocycles. The molecule has 112 valence electrons. The third kappa shape index (κ3) is 2.65. The predicted octanol–water partition coefficient (Wildman–Crippen LogP) is 1.10. The molecule has 0 radical (unpaired) electrons. The molecule has 2 aromatic heterocycles. The summed E-state index contributed by atoms with van der Waals surface area (Å²) in [7, 11) is -1.55. The summed E-state index contributed by atoms with van der Waals surface area (Å²) >= 11 is 0. The van der Waals surface area contributed by atoms with Gasteiger partial charge in [-0.3, -0.25) is 0 Å². The zero-order chi connectivity index (χ0) is 15.0. The average Bonchev–Trinajstić information content (AvgIpc) is 3.02. The van der Waals surface area contributed by atoms with E-state index in [4.69, 9.17) is 4.74 Å². The number of aromatic nitrogens is 2. The topological polar surface area (TPSA) is 77.7 Å². The van der Waals surface area contributed by atoms with Gasteiger partial charge in [-0.25, -0.2) is 18.2 Å². The van der Waals surface area contributed by atoms with E-state index < -0.39 is 15.8 Å². The number of sulfone groups is 1. The Morgan fingerprint density at radius 1 is 1.52 bits per heavy atom. The lowest BCUT2D eigenvalue weighted by atomic mass is 10.1. The molecular formula is C14H16N2O4S. The van der Waals surface area contributed by atoms with Gasteiger partial charge < -0.3 is 9.14 Å². The number of carbonyl (C=O) groups excluding carboxylic acids is 1. The smallest absolute Gasteiger partial charge is 0.340 e. The second-order valence-corrected chi connectivity index (χ2v) is 7.55. The largest absolute Gasteiger partial charge is 0.465 e. The lowest BCUT2D eigenvalue weighted by molar-refractivity contribution is 0.0602. The maximum Gasteiger partial charge on any atom is 0.340 e. The van der Waals surface area contributed by atoms with Gasteiger partial charge in [0.25, 0.3) is 0 Å². The molecular weight excluding hydrogens is 292 g/mol. The van der Waals surface area contributed by atoms with Gasteiger partial charge in [-0.05, 0) is 24.5 Å². The monoisotopic (exact) mass is 308 g/mol. The SMILES string of the molecule is COC(=O)c1cccn2c(CC3CCS(=O)(=O)C3)ncc12. The highest BCUT2D eigenvalue weighted by Crippen LogP contribution is 2.23. The molecule has 1 saturated heterocycles. The molecule has 0 saturated carbocycles. The second kappa shape index (κ2) is 5.14. The van der Waals surface area contributed by atoms with Crippen LogP contribution in [0, 0.1) is 5.92 Å². The van der Waals surface area contributed by atoms with Crippen molar-refractivity contribution in [3.05, 3.63) is 35.9 Å². The van der Waals surface area contributed by atoms with Gasteiger partial charge >= 0.3 is 5.97 Å². The van der Waals surface area contributed by atoms with E-state index in [-0.39, 0.29) is 17.4 Å². The first-order valence-corrected chi connectivity index (χ1v) is 8.56. The second-order valence-electron chi connectivity index (χ2n) is 5.32. The van der Waals surface area contributed by atoms with Gasteiger partial charge in [-0.15, -0.1) is 0 Å². The molecule has 0 spiro atoms. The first kappa shape index (κ1) is 14.1. The van der Waals surface area contributed by atoms with Crippen LogP contribution in [0.3, 0.4) is 0 Å². The zero-order valence-corrected chi connectivity index (χ0v) is 12.5. The molecule has 1 atom stereocenters. The van der Waals surface area contributed by atoms with E-state index in [1.54, 1.807) is 18.3 Å². The third-order valence-corrected chi connectivity index (χ3v) is 5.69. The highest BCUT2D eigenvalue weighted by Gasteiger charge is 2.29. The summed E-state index contributed by atoms with van der Waals surface area (Å²) in [5, 5.41) is 0. The molecule has 0 aliphatic carbocycles. The van der Waals surface area contributed by atoms with Gasteiger partial charge in [0, 0.05) is 12.6 Å². The molecule has 1 fully saturated rings. The number of hydrogen-bond donors (Lipinski definition) is 0. The molecule has 3 heterocycles. The van der Waals surface area contributed by atoms with E-state index in [1.807, 2.05) is 10.6 Å². The number of methoxy groups -OCH3 is 1. The summed E-state index contributed by atoms with van der Waals surface area (Å²) in [5.74, 6) is 0.947. The summed E-state index contributed by atoms with van der Waals surface area (Å²) in [6.07, 6.45) is 4.73. The highest BCUT2D eigenvalue weighted by atomic mass is 32.2. The number of ether oxygens (including phenoxy) is 1. The molecule has 1 aliphatic rings. The number of esters is 1. The van der Waals surface area contributed by atoms with Gasteiger partial charge in [-0.1, -0.05) is 0 Å². The molecule has 21 heavy (non-hydrogen) atoms. The number of pyridine rings is 1. The van der Waals surface area contributed by atoms with E-state index in [0.717, 1.165) is 5.82 Å². The summed E-state index contributed by atoms with van der Waals surface area (Å²) in [5.41, 5.74) is 1.14. The van der Waals surface area contributed by atoms with E-state index in [2.05, 4.69) is 4.98 Å². The van der Waals surface area contributed by atoms with Crippen molar-refractivity contribution in [2.24, 2.45) is 5.92 Å². The summed E-state index contributed by atoms with van der Waals surface area (Å²) in [6, 6.07) is 3.45. The Kier molecular flexibility index (Phi) is 3.44. The van der Waals surface area contributed by atoms with Crippen LogP contribution in [0.15, 0.2) is 24.5 Å². The minimum atomic E-state index is -2.89. The van der Waals surface area contributed by atoms with Gasteiger partial charge in [-0.2, -0.15) is 0 Å². The van der Waals surface area contributed by atoms with Gasteiger partial charge in [0.05, 0.1) is 35.9 Å². The Bertz CT molecular complexity index is 794. The van der Waals surface area contributed by atoms with Crippen molar-refractivity contribution in [1.29, 1.82) is 0 Å². The predicted molar refractivity (Wildman–Crippen MR) is 77.0 cm³/mol. The summed E-state index contributed by atoms with van der Waals surface area (Å²) in [4.78, 5) is 16.1. The van der Waals surface area contributed by atoms with Gasteiger partial charge in [0.2, 0.25) is 0 Å². The number of fused-ring (bicyclic) bond motifs is 1. The number of nitrogens with zero attached hydrogens (tertiary/aromatic N) is 2. The molecule has 7 heteroatoms. The zero-order valence-electron chi connectivity index (χ0n) is 11.7. The van der Waals surface area contributed by atoms with E-state index >= 15 is 0 Å². The minimum absolute atomic E-state index is 0.0994. The van der Waals surface area contributed by atoms with Crippen molar-refractivity contribution < 1.29 is 17.9 Å². The summed E-state index contributed by atoms with van der Waals surface area (Å²) < 4.78 is 29.6. The van der Waals surface area contributed by atoms with Crippen LogP contribution in [0.5, 0.6) is 0 Å². The van der Waals surface area contributed by atoms with Crippen LogP contribution in [0.2, 0.25) is 0 Å². The van der Waals surface area contributed by atoms with Crippen molar-refractivity contribution in [1.82, 2.24) is 9.38 Å². The van der Waals surface area contributed by atoms with Crippen LogP contribution in [0.4, 0.5) is 0 Å². The minimum Gasteiger partial charge on any atom is -0.465 e. The van der Waals surface area contributed by atoms with Crippen molar-refractivity contribution in [3.63, 3.8) is 0 Å². The molecule has 1 unspecified atom stereocenters. The molecule has 0 N–H and O–H groups in total. The first-order chi connectivity index (χ1) is 10.00. The molecule has 6 nitrogen and oxygen atoms in total. The van der Waals surface area contributed by atoms with Gasteiger partial charge in [0.1, 0.15) is 5.82 Å². The Hall–Kier alpha value is -1.89. The fraction of sp³-hybridized carbons (Fsp3) is 0.429. The fourth-order valence-corrected chi connectivity index (χ4v) is 4.66. The first-order valence-electron chi connectivity index (χ1n) is 6.74. The van der Waals surface area contributed by atoms with Crippen molar-refractivity contribution in [3.8, 4) is 0 Å². The number of imidazole rings is 1. The molecule has 0 amide bonds. The number of hydrogen-bond acceptors (Lipinski definition) is 5. The van der Waals surface area contributed by atoms with Crippen LogP contribution in [0.1, 0.15) is 22.6 Å². The average molecular weight is 308 g/mol. The quantitative estimate of drug-likeness (QED) is 0.793. The maximum absolute atomic E-state index is 11.7. The number of rotatable bonds is 3. The lowest BCUT2D eigenvalue weighted by Crippen LogP contribution is -2.10. The standard InChI is InChI=1S/C14H16N2O4S/c1-20-14(17)11-3-2-5-16-12(11)8-15-13(16)7-10-4-6-21(18,19)9-10/h2-3,5,8,10H,4,6-7,9H2,1H3. The fourth-order valence-electron chi connectivity index (χ4n) is 2.80. The van der Waals surface area contributed by atoms with Crippen LogP contribution in [0.25, 0.3) is 5.52 Å². The van der Waals surface area contributed by atoms with Crippen LogP contribution in [-0.4, -0.2) is 42.4 Å². The number of carbonyl (C=O) groups is 1. The van der Waals surface area contributed by atoms with E-state index in [0.29, 0.717) is 23.9 Å². The molecule has 0 aromatic carbocycles. The Labute approximate surface area is 122 Å². The van der Waals surface area contributed by atoms with Crippen LogP contribution < -0.4 is 0 Å². The van der Waals surface area contributed by atoms with E-state index in [9.17, 15) is 13.2 Å². The maximum atomic E-state index is 11.7. The highest BCUT2D eigenvalue weighted by molar-refractivity contribution is 7.91. The van der Waals surface area contributed by atoms with Crippen molar-refractivity contribution in [2.45, 2.75) is 12.8 Å². The van der Waals surface area contributed by atoms with Crippen molar-refractivity contribution >= 4 is 21.3 Å². The van der Waals surface area contributed by atoms with E-state index in [1.165, 1.54) is 7.11 Å². The van der Waals surface area contributed by atoms with Crippen LogP contribution in [-0.2, 0) is 21.0 Å². The van der Waals surface area contributed by atoms with Crippen molar-refractivity contribution in [2.75, 3.05) is 18.6 Å². The Morgan fingerprint density at radius 3 is 3.00 bits per heavy atom. The summed E-state index contributed by atoms with van der Waals surface area (Å²) in [6.45, 7) is 0. The van der Waals surface area contributed by atoms with Gasteiger partial charge in [0.15, 0.2) is 9.84 Å². The molecule has 3 rings (SSSR count). The normalized spacial score (nSPS) is 20.7.